The van der Waals surface area contributed by atoms with Gasteiger partial charge in [-0.15, -0.1) is 0 Å². The van der Waals surface area contributed by atoms with Gasteiger partial charge in [0.05, 0.1) is 19.1 Å². The van der Waals surface area contributed by atoms with E-state index >= 15 is 0 Å². The Bertz CT molecular complexity index is 825. The zero-order chi connectivity index (χ0) is 18.7. The Balaban J connectivity index is 1.62. The molecule has 7 nitrogen and oxygen atoms in total. The fourth-order valence-corrected chi connectivity index (χ4v) is 2.99. The third-order valence-electron chi connectivity index (χ3n) is 4.26. The Morgan fingerprint density at radius 2 is 2.19 bits per heavy atom. The number of hydrogen-bond donors (Lipinski definition) is 2. The molecule has 3 rings (SSSR count). The van der Waals surface area contributed by atoms with E-state index in [-0.39, 0.29) is 30.5 Å². The predicted octanol–water partition coefficient (Wildman–Crippen LogP) is 2.55. The van der Waals surface area contributed by atoms with E-state index in [0.717, 1.165) is 5.56 Å². The zero-order valence-electron chi connectivity index (χ0n) is 14.7. The number of benzene rings is 1. The van der Waals surface area contributed by atoms with Crippen molar-refractivity contribution in [2.75, 3.05) is 13.2 Å². The van der Waals surface area contributed by atoms with Crippen molar-refractivity contribution in [3.63, 3.8) is 0 Å². The van der Waals surface area contributed by atoms with Crippen molar-refractivity contribution in [3.05, 3.63) is 46.9 Å². The van der Waals surface area contributed by atoms with Gasteiger partial charge in [-0.25, -0.2) is 4.79 Å². The highest BCUT2D eigenvalue weighted by atomic mass is 16.5. The lowest BCUT2D eigenvalue weighted by atomic mass is 9.95. The van der Waals surface area contributed by atoms with Crippen LogP contribution < -0.4 is 14.8 Å². The molecule has 0 bridgehead atoms. The average molecular weight is 359 g/mol. The van der Waals surface area contributed by atoms with Crippen LogP contribution in [0.25, 0.3) is 0 Å². The van der Waals surface area contributed by atoms with Crippen LogP contribution >= 0.6 is 0 Å². The zero-order valence-corrected chi connectivity index (χ0v) is 14.7. The van der Waals surface area contributed by atoms with Crippen molar-refractivity contribution in [1.29, 1.82) is 0 Å². The maximum absolute atomic E-state index is 12.4. The lowest BCUT2D eigenvalue weighted by Crippen LogP contribution is -2.37. The van der Waals surface area contributed by atoms with Crippen LogP contribution in [-0.4, -0.2) is 30.2 Å². The summed E-state index contributed by atoms with van der Waals surface area (Å²) in [5, 5.41) is 11.8. The van der Waals surface area contributed by atoms with Gasteiger partial charge in [0.2, 0.25) is 5.91 Å². The molecule has 1 aromatic heterocycles. The summed E-state index contributed by atoms with van der Waals surface area (Å²) >= 11 is 0. The van der Waals surface area contributed by atoms with Gasteiger partial charge in [0.1, 0.15) is 23.7 Å². The van der Waals surface area contributed by atoms with Crippen LogP contribution in [0.2, 0.25) is 0 Å². The van der Waals surface area contributed by atoms with Crippen molar-refractivity contribution in [2.45, 2.75) is 26.8 Å². The second kappa shape index (κ2) is 7.51. The van der Waals surface area contributed by atoms with E-state index in [1.807, 2.05) is 25.1 Å². The van der Waals surface area contributed by atoms with Gasteiger partial charge < -0.3 is 24.3 Å². The number of rotatable bonds is 6. The van der Waals surface area contributed by atoms with Crippen LogP contribution in [0.1, 0.15) is 34.4 Å². The molecule has 7 heteroatoms. The molecule has 1 atom stereocenters. The van der Waals surface area contributed by atoms with Crippen molar-refractivity contribution >= 4 is 11.9 Å². The molecule has 2 N–H and O–H groups in total. The molecular weight excluding hydrogens is 338 g/mol. The third-order valence-corrected chi connectivity index (χ3v) is 4.26. The molecule has 0 saturated heterocycles. The fourth-order valence-electron chi connectivity index (χ4n) is 2.99. The third kappa shape index (κ3) is 3.66. The second-order valence-electron chi connectivity index (χ2n) is 6.09. The Morgan fingerprint density at radius 3 is 2.88 bits per heavy atom. The minimum absolute atomic E-state index is 0.104. The number of furan rings is 1. The summed E-state index contributed by atoms with van der Waals surface area (Å²) in [6.45, 7) is 4.43. The highest BCUT2D eigenvalue weighted by Gasteiger charge is 2.28. The molecular formula is C19H21NO6. The van der Waals surface area contributed by atoms with E-state index in [0.29, 0.717) is 36.0 Å². The van der Waals surface area contributed by atoms with E-state index in [1.54, 1.807) is 6.92 Å². The number of aryl methyl sites for hydroxylation is 1. The average Bonchev–Trinajstić information content (AvgIpc) is 3.01. The van der Waals surface area contributed by atoms with Gasteiger partial charge in [-0.3, -0.25) is 4.79 Å². The molecule has 2 heterocycles. The molecule has 1 aromatic carbocycles. The van der Waals surface area contributed by atoms with E-state index in [1.165, 1.54) is 6.07 Å². The number of ether oxygens (including phenoxy) is 2. The van der Waals surface area contributed by atoms with E-state index in [9.17, 15) is 9.59 Å². The van der Waals surface area contributed by atoms with Gasteiger partial charge in [-0.1, -0.05) is 12.1 Å². The summed E-state index contributed by atoms with van der Waals surface area (Å²) < 4.78 is 16.7. The summed E-state index contributed by atoms with van der Waals surface area (Å²) in [6, 6.07) is 7.08. The monoisotopic (exact) mass is 359 g/mol. The maximum atomic E-state index is 12.4. The summed E-state index contributed by atoms with van der Waals surface area (Å²) in [6.07, 6.45) is 0.555. The van der Waals surface area contributed by atoms with Crippen LogP contribution in [0, 0.1) is 12.8 Å². The predicted molar refractivity (Wildman–Crippen MR) is 92.6 cm³/mol. The minimum atomic E-state index is -1.05. The molecule has 0 fully saturated rings. The van der Waals surface area contributed by atoms with Gasteiger partial charge in [-0.05, 0) is 38.0 Å². The topological polar surface area (TPSA) is 98.0 Å². The molecule has 0 aliphatic carbocycles. The van der Waals surface area contributed by atoms with Crippen molar-refractivity contribution in [2.24, 2.45) is 5.92 Å². The summed E-state index contributed by atoms with van der Waals surface area (Å²) in [5.41, 5.74) is 1.04. The molecule has 0 spiro atoms. The van der Waals surface area contributed by atoms with Crippen LogP contribution in [0.4, 0.5) is 0 Å². The van der Waals surface area contributed by atoms with Crippen molar-refractivity contribution in [1.82, 2.24) is 5.32 Å². The number of hydrogen-bond acceptors (Lipinski definition) is 5. The quantitative estimate of drug-likeness (QED) is 0.822. The van der Waals surface area contributed by atoms with E-state index in [2.05, 4.69) is 5.32 Å². The smallest absolute Gasteiger partial charge is 0.339 e. The second-order valence-corrected chi connectivity index (χ2v) is 6.09. The van der Waals surface area contributed by atoms with Crippen LogP contribution in [0.5, 0.6) is 11.5 Å². The summed E-state index contributed by atoms with van der Waals surface area (Å²) in [4.78, 5) is 23.5. The van der Waals surface area contributed by atoms with Gasteiger partial charge in [0.25, 0.3) is 0 Å². The van der Waals surface area contributed by atoms with Crippen LogP contribution in [0.3, 0.4) is 0 Å². The number of nitrogens with one attached hydrogen (secondary N) is 1. The van der Waals surface area contributed by atoms with Crippen LogP contribution in [0.15, 0.2) is 28.7 Å². The molecule has 1 unspecified atom stereocenters. The number of para-hydroxylation sites is 1. The highest BCUT2D eigenvalue weighted by Crippen LogP contribution is 2.36. The number of carboxylic acid groups (broad SMARTS) is 1. The summed E-state index contributed by atoms with van der Waals surface area (Å²) in [7, 11) is 0. The number of amides is 1. The van der Waals surface area contributed by atoms with Crippen molar-refractivity contribution < 1.29 is 28.6 Å². The Kier molecular flexibility index (Phi) is 5.16. The first kappa shape index (κ1) is 17.8. The molecule has 138 valence electrons. The minimum Gasteiger partial charge on any atom is -0.490 e. The lowest BCUT2D eigenvalue weighted by Gasteiger charge is -2.26. The molecule has 1 aliphatic rings. The number of aromatic carboxylic acids is 1. The van der Waals surface area contributed by atoms with Crippen LogP contribution in [-0.2, 0) is 17.8 Å². The lowest BCUT2D eigenvalue weighted by molar-refractivity contribution is -0.126. The van der Waals surface area contributed by atoms with Gasteiger partial charge in [0.15, 0.2) is 11.5 Å². The first-order chi connectivity index (χ1) is 12.5. The van der Waals surface area contributed by atoms with Crippen molar-refractivity contribution in [3.8, 4) is 11.5 Å². The SMILES string of the molecule is CCOc1cccc2c1OCC(C(=O)NCc1cc(C(=O)O)c(C)o1)C2. The van der Waals surface area contributed by atoms with Gasteiger partial charge in [-0.2, -0.15) is 0 Å². The normalized spacial score (nSPS) is 15.7. The fraction of sp³-hybridized carbons (Fsp3) is 0.368. The standard InChI is InChI=1S/C19H21NO6/c1-3-24-16-6-4-5-12-7-13(10-25-17(12)16)18(21)20-9-14-8-15(19(22)23)11(2)26-14/h4-6,8,13H,3,7,9-10H2,1-2H3,(H,20,21)(H,22,23). The number of carboxylic acids is 1. The first-order valence-electron chi connectivity index (χ1n) is 8.47. The van der Waals surface area contributed by atoms with Gasteiger partial charge >= 0.3 is 5.97 Å². The number of fused-ring (bicyclic) bond motifs is 1. The first-order valence-corrected chi connectivity index (χ1v) is 8.47. The largest absolute Gasteiger partial charge is 0.490 e. The molecule has 1 aliphatic heterocycles. The van der Waals surface area contributed by atoms with E-state index < -0.39 is 5.97 Å². The molecule has 0 radical (unpaired) electrons. The molecule has 2 aromatic rings. The maximum Gasteiger partial charge on any atom is 0.339 e. The Hall–Kier alpha value is -2.96. The molecule has 26 heavy (non-hydrogen) atoms. The number of carbonyl (C=O) groups excluding carboxylic acids is 1. The molecule has 0 saturated carbocycles. The van der Waals surface area contributed by atoms with Gasteiger partial charge in [0, 0.05) is 0 Å². The Morgan fingerprint density at radius 1 is 1.38 bits per heavy atom. The molecule has 1 amide bonds. The number of carbonyl (C=O) groups is 2. The summed E-state index contributed by atoms with van der Waals surface area (Å²) in [5.74, 6) is 0.579. The highest BCUT2D eigenvalue weighted by molar-refractivity contribution is 5.88. The van der Waals surface area contributed by atoms with E-state index in [4.69, 9.17) is 19.0 Å². The Labute approximate surface area is 150 Å².